The summed E-state index contributed by atoms with van der Waals surface area (Å²) in [5.41, 5.74) is 1.70. The first-order valence-corrected chi connectivity index (χ1v) is 11.5. The fraction of sp³-hybridized carbons (Fsp3) is 0.217. The number of morpholine rings is 1. The van der Waals surface area contributed by atoms with Crippen LogP contribution in [0.25, 0.3) is 0 Å². The fourth-order valence-electron chi connectivity index (χ4n) is 3.54. The number of aromatic nitrogens is 1. The maximum Gasteiger partial charge on any atom is 0.252 e. The van der Waals surface area contributed by atoms with Crippen LogP contribution in [0.5, 0.6) is 0 Å². The van der Waals surface area contributed by atoms with Crippen LogP contribution in [0.15, 0.2) is 78.0 Å². The number of amides is 1. The zero-order chi connectivity index (χ0) is 22.6. The lowest BCUT2D eigenvalue weighted by Crippen LogP contribution is -2.41. The number of sulfonamides is 1. The molecule has 1 amide bonds. The van der Waals surface area contributed by atoms with Crippen LogP contribution in [-0.2, 0) is 14.8 Å². The Bertz CT molecular complexity index is 1140. The molecule has 4 rings (SSSR count). The van der Waals surface area contributed by atoms with Gasteiger partial charge in [-0.1, -0.05) is 30.3 Å². The lowest BCUT2D eigenvalue weighted by Gasteiger charge is -2.26. The third kappa shape index (κ3) is 4.69. The van der Waals surface area contributed by atoms with Crippen LogP contribution >= 0.6 is 0 Å². The Morgan fingerprint density at radius 3 is 2.34 bits per heavy atom. The largest absolute Gasteiger partial charge is 0.379 e. The molecule has 2 aromatic carbocycles. The maximum absolute atomic E-state index is 14.5. The molecule has 0 spiro atoms. The lowest BCUT2D eigenvalue weighted by atomic mass is 9.99. The molecule has 0 aliphatic carbocycles. The number of nitrogens with one attached hydrogen (secondary N) is 1. The van der Waals surface area contributed by atoms with E-state index < -0.39 is 32.7 Å². The van der Waals surface area contributed by atoms with E-state index in [1.807, 2.05) is 30.3 Å². The van der Waals surface area contributed by atoms with Gasteiger partial charge in [-0.05, 0) is 41.5 Å². The zero-order valence-corrected chi connectivity index (χ0v) is 18.0. The van der Waals surface area contributed by atoms with Gasteiger partial charge in [0.25, 0.3) is 5.91 Å². The molecule has 1 fully saturated rings. The Kier molecular flexibility index (Phi) is 6.59. The van der Waals surface area contributed by atoms with Gasteiger partial charge >= 0.3 is 0 Å². The van der Waals surface area contributed by atoms with Gasteiger partial charge in [0.15, 0.2) is 0 Å². The molecule has 1 saturated heterocycles. The number of nitrogens with zero attached hydrogens (tertiary/aromatic N) is 2. The standard InChI is InChI=1S/C23H22FN3O4S/c24-20-7-6-19(16-21(20)32(29,30)27-12-14-31-15-13-27)23(28)26-22(17-4-2-1-3-5-17)18-8-10-25-11-9-18/h1-11,16,22H,12-15H2,(H,26,28). The number of pyridine rings is 1. The molecule has 166 valence electrons. The molecular weight excluding hydrogens is 433 g/mol. The van der Waals surface area contributed by atoms with E-state index in [2.05, 4.69) is 10.3 Å². The number of carbonyl (C=O) groups excluding carboxylic acids is 1. The van der Waals surface area contributed by atoms with Crippen molar-refractivity contribution in [3.63, 3.8) is 0 Å². The van der Waals surface area contributed by atoms with Crippen molar-refractivity contribution in [1.29, 1.82) is 0 Å². The molecule has 1 atom stereocenters. The first kappa shape index (κ1) is 22.1. The van der Waals surface area contributed by atoms with Gasteiger partial charge in [-0.25, -0.2) is 12.8 Å². The highest BCUT2D eigenvalue weighted by molar-refractivity contribution is 7.89. The summed E-state index contributed by atoms with van der Waals surface area (Å²) < 4.78 is 46.7. The van der Waals surface area contributed by atoms with E-state index in [-0.39, 0.29) is 31.9 Å². The highest BCUT2D eigenvalue weighted by Gasteiger charge is 2.30. The van der Waals surface area contributed by atoms with Crippen molar-refractivity contribution in [3.05, 3.63) is 95.6 Å². The van der Waals surface area contributed by atoms with Crippen LogP contribution in [0.3, 0.4) is 0 Å². The van der Waals surface area contributed by atoms with E-state index in [0.717, 1.165) is 23.3 Å². The molecule has 9 heteroatoms. The Hall–Kier alpha value is -3.14. The lowest BCUT2D eigenvalue weighted by molar-refractivity contribution is 0.0729. The molecule has 1 unspecified atom stereocenters. The molecule has 0 bridgehead atoms. The molecule has 7 nitrogen and oxygen atoms in total. The first-order chi connectivity index (χ1) is 15.5. The van der Waals surface area contributed by atoms with E-state index in [1.165, 1.54) is 10.4 Å². The number of benzene rings is 2. The molecule has 32 heavy (non-hydrogen) atoms. The molecule has 0 saturated carbocycles. The predicted molar refractivity (Wildman–Crippen MR) is 116 cm³/mol. The predicted octanol–water partition coefficient (Wildman–Crippen LogP) is 2.76. The molecule has 1 aliphatic rings. The quantitative estimate of drug-likeness (QED) is 0.618. The highest BCUT2D eigenvalue weighted by atomic mass is 32.2. The Morgan fingerprint density at radius 2 is 1.66 bits per heavy atom. The summed E-state index contributed by atoms with van der Waals surface area (Å²) in [5.74, 6) is -1.42. The van der Waals surface area contributed by atoms with Gasteiger partial charge in [-0.2, -0.15) is 4.31 Å². The van der Waals surface area contributed by atoms with E-state index in [0.29, 0.717) is 0 Å². The first-order valence-electron chi connectivity index (χ1n) is 10.1. The van der Waals surface area contributed by atoms with Crippen molar-refractivity contribution >= 4 is 15.9 Å². The number of rotatable bonds is 6. The summed E-state index contributed by atoms with van der Waals surface area (Å²) in [6.45, 7) is 0.754. The van der Waals surface area contributed by atoms with E-state index in [4.69, 9.17) is 4.74 Å². The maximum atomic E-state index is 14.5. The van der Waals surface area contributed by atoms with Crippen molar-refractivity contribution in [1.82, 2.24) is 14.6 Å². The van der Waals surface area contributed by atoms with E-state index >= 15 is 0 Å². The third-order valence-corrected chi connectivity index (χ3v) is 7.14. The second-order valence-electron chi connectivity index (χ2n) is 7.26. The van der Waals surface area contributed by atoms with Crippen molar-refractivity contribution in [2.75, 3.05) is 26.3 Å². The van der Waals surface area contributed by atoms with E-state index in [1.54, 1.807) is 24.5 Å². The number of halogens is 1. The van der Waals surface area contributed by atoms with Gasteiger partial charge < -0.3 is 10.1 Å². The Labute approximate surface area is 185 Å². The van der Waals surface area contributed by atoms with Gasteiger partial charge in [0.2, 0.25) is 10.0 Å². The SMILES string of the molecule is O=C(NC(c1ccccc1)c1ccncc1)c1ccc(F)c(S(=O)(=O)N2CCOCC2)c1. The van der Waals surface area contributed by atoms with Crippen LogP contribution in [0.4, 0.5) is 4.39 Å². The normalized spacial score (nSPS) is 15.8. The molecule has 1 aliphatic heterocycles. The van der Waals surface area contributed by atoms with Crippen molar-refractivity contribution in [2.24, 2.45) is 0 Å². The minimum Gasteiger partial charge on any atom is -0.379 e. The van der Waals surface area contributed by atoms with Crippen molar-refractivity contribution in [2.45, 2.75) is 10.9 Å². The molecule has 1 aromatic heterocycles. The second kappa shape index (κ2) is 9.56. The van der Waals surface area contributed by atoms with E-state index in [9.17, 15) is 17.6 Å². The molecular formula is C23H22FN3O4S. The van der Waals surface area contributed by atoms with Gasteiger partial charge in [-0.15, -0.1) is 0 Å². The second-order valence-corrected chi connectivity index (χ2v) is 9.17. The molecule has 1 N–H and O–H groups in total. The minimum absolute atomic E-state index is 0.0493. The number of hydrogen-bond acceptors (Lipinski definition) is 5. The highest BCUT2D eigenvalue weighted by Crippen LogP contribution is 2.24. The number of carbonyl (C=O) groups is 1. The fourth-order valence-corrected chi connectivity index (χ4v) is 5.04. The monoisotopic (exact) mass is 455 g/mol. The average molecular weight is 456 g/mol. The zero-order valence-electron chi connectivity index (χ0n) is 17.1. The summed E-state index contributed by atoms with van der Waals surface area (Å²) in [4.78, 5) is 16.6. The van der Waals surface area contributed by atoms with Crippen molar-refractivity contribution in [3.8, 4) is 0 Å². The van der Waals surface area contributed by atoms with Gasteiger partial charge in [0.1, 0.15) is 10.7 Å². The molecule has 0 radical (unpaired) electrons. The number of ether oxygens (including phenoxy) is 1. The summed E-state index contributed by atoms with van der Waals surface area (Å²) >= 11 is 0. The molecule has 3 aromatic rings. The van der Waals surface area contributed by atoms with Crippen LogP contribution < -0.4 is 5.32 Å². The Morgan fingerprint density at radius 1 is 1.00 bits per heavy atom. The average Bonchev–Trinajstić information content (AvgIpc) is 2.84. The van der Waals surface area contributed by atoms with Gasteiger partial charge in [0, 0.05) is 31.0 Å². The van der Waals surface area contributed by atoms with Crippen LogP contribution in [0, 0.1) is 5.82 Å². The third-order valence-electron chi connectivity index (χ3n) is 5.23. The summed E-state index contributed by atoms with van der Waals surface area (Å²) in [6, 6.07) is 15.8. The Balaban J connectivity index is 1.65. The van der Waals surface area contributed by atoms with Crippen molar-refractivity contribution < 1.29 is 22.3 Å². The topological polar surface area (TPSA) is 88.6 Å². The van der Waals surface area contributed by atoms with Gasteiger partial charge in [-0.3, -0.25) is 9.78 Å². The van der Waals surface area contributed by atoms with Crippen LogP contribution in [-0.4, -0.2) is 49.9 Å². The smallest absolute Gasteiger partial charge is 0.252 e. The summed E-state index contributed by atoms with van der Waals surface area (Å²) in [5, 5.41) is 2.93. The molecule has 2 heterocycles. The van der Waals surface area contributed by atoms with Gasteiger partial charge in [0.05, 0.1) is 19.3 Å². The van der Waals surface area contributed by atoms with Crippen LogP contribution in [0.2, 0.25) is 0 Å². The minimum atomic E-state index is -4.09. The van der Waals surface area contributed by atoms with Crippen LogP contribution in [0.1, 0.15) is 27.5 Å². The number of hydrogen-bond donors (Lipinski definition) is 1. The summed E-state index contributed by atoms with van der Waals surface area (Å²) in [6.07, 6.45) is 3.25. The summed E-state index contributed by atoms with van der Waals surface area (Å²) in [7, 11) is -4.09.